The van der Waals surface area contributed by atoms with Crippen molar-refractivity contribution in [3.63, 3.8) is 0 Å². The van der Waals surface area contributed by atoms with E-state index in [9.17, 15) is 14.4 Å². The lowest BCUT2D eigenvalue weighted by molar-refractivity contribution is -0.116. The second kappa shape index (κ2) is 8.93. The van der Waals surface area contributed by atoms with E-state index in [2.05, 4.69) is 15.3 Å². The summed E-state index contributed by atoms with van der Waals surface area (Å²) in [5, 5.41) is 3.86. The summed E-state index contributed by atoms with van der Waals surface area (Å²) in [6.07, 6.45) is 0.379. The lowest BCUT2D eigenvalue weighted by Crippen LogP contribution is -2.39. The summed E-state index contributed by atoms with van der Waals surface area (Å²) in [5.41, 5.74) is 0.832. The van der Waals surface area contributed by atoms with Crippen molar-refractivity contribution in [2.24, 2.45) is 0 Å². The predicted octanol–water partition coefficient (Wildman–Crippen LogP) is 3.48. The molecule has 0 bridgehead atoms. The first kappa shape index (κ1) is 22.9. The van der Waals surface area contributed by atoms with E-state index in [4.69, 9.17) is 4.74 Å². The van der Waals surface area contributed by atoms with E-state index >= 15 is 0 Å². The van der Waals surface area contributed by atoms with E-state index in [1.807, 2.05) is 26.8 Å². The fraction of sp³-hybridized carbons (Fsp3) is 0.435. The third-order valence-corrected chi connectivity index (χ3v) is 6.24. The molecule has 1 aliphatic rings. The number of fused-ring (bicyclic) bond motifs is 2. The molecule has 1 aromatic carbocycles. The Balaban J connectivity index is 1.39. The highest BCUT2D eigenvalue weighted by Crippen LogP contribution is 2.29. The van der Waals surface area contributed by atoms with E-state index in [0.717, 1.165) is 10.6 Å². The molecule has 0 atom stereocenters. The minimum Gasteiger partial charge on any atom is -0.444 e. The van der Waals surface area contributed by atoms with Crippen molar-refractivity contribution in [1.29, 1.82) is 0 Å². The Kier molecular flexibility index (Phi) is 6.20. The molecular weight excluding hydrogens is 442 g/mol. The molecule has 2 amide bonds. The summed E-state index contributed by atoms with van der Waals surface area (Å²) >= 11 is 1.36. The Morgan fingerprint density at radius 1 is 1.21 bits per heavy atom. The summed E-state index contributed by atoms with van der Waals surface area (Å²) in [6.45, 7) is 8.44. The van der Waals surface area contributed by atoms with E-state index in [1.165, 1.54) is 15.9 Å². The Labute approximate surface area is 195 Å². The van der Waals surface area contributed by atoms with Gasteiger partial charge in [-0.1, -0.05) is 23.5 Å². The van der Waals surface area contributed by atoms with E-state index in [1.54, 1.807) is 30.0 Å². The smallest absolute Gasteiger partial charge is 0.410 e. The molecule has 1 N–H and O–H groups in total. The number of ether oxygens (including phenoxy) is 1. The van der Waals surface area contributed by atoms with Gasteiger partial charge in [0.2, 0.25) is 5.91 Å². The maximum Gasteiger partial charge on any atom is 0.410 e. The molecule has 0 fully saturated rings. The second-order valence-corrected chi connectivity index (χ2v) is 10.1. The lowest BCUT2D eigenvalue weighted by Gasteiger charge is -2.29. The number of aromatic nitrogens is 3. The largest absolute Gasteiger partial charge is 0.444 e. The second-order valence-electron chi connectivity index (χ2n) is 8.97. The van der Waals surface area contributed by atoms with Gasteiger partial charge in [-0.25, -0.2) is 14.8 Å². The fourth-order valence-corrected chi connectivity index (χ4v) is 4.71. The van der Waals surface area contributed by atoms with Crippen LogP contribution in [0.2, 0.25) is 0 Å². The van der Waals surface area contributed by atoms with Gasteiger partial charge >= 0.3 is 6.09 Å². The van der Waals surface area contributed by atoms with Gasteiger partial charge in [-0.05, 0) is 39.8 Å². The van der Waals surface area contributed by atoms with Crippen LogP contribution in [0.15, 0.2) is 29.1 Å². The number of nitrogens with one attached hydrogen (secondary N) is 1. The number of carbonyl (C=O) groups excluding carboxylic acids is 2. The van der Waals surface area contributed by atoms with Crippen LogP contribution in [0.4, 0.5) is 9.93 Å². The standard InChI is InChI=1S/C23H27N5O4S/c1-14-24-16-8-6-5-7-15(16)20(30)28(14)12-10-19(29)26-21-25-17-9-11-27(13-18(17)33-21)22(31)32-23(2,3)4/h5-8H,9-13H2,1-4H3,(H,25,26,29). The average Bonchev–Trinajstić information content (AvgIpc) is 3.13. The number of aryl methyl sites for hydroxylation is 1. The van der Waals surface area contributed by atoms with Gasteiger partial charge in [0.05, 0.1) is 23.1 Å². The quantitative estimate of drug-likeness (QED) is 0.627. The summed E-state index contributed by atoms with van der Waals surface area (Å²) in [6, 6.07) is 7.18. The van der Waals surface area contributed by atoms with Crippen LogP contribution >= 0.6 is 11.3 Å². The van der Waals surface area contributed by atoms with Crippen molar-refractivity contribution in [1.82, 2.24) is 19.4 Å². The normalized spacial score (nSPS) is 13.6. The first-order valence-electron chi connectivity index (χ1n) is 10.8. The zero-order chi connectivity index (χ0) is 23.8. The van der Waals surface area contributed by atoms with Crippen LogP contribution in [-0.2, 0) is 29.0 Å². The molecule has 3 heterocycles. The van der Waals surface area contributed by atoms with E-state index in [-0.39, 0.29) is 30.5 Å². The van der Waals surface area contributed by atoms with Gasteiger partial charge in [0, 0.05) is 30.8 Å². The van der Waals surface area contributed by atoms with Gasteiger partial charge in [0.1, 0.15) is 11.4 Å². The molecule has 33 heavy (non-hydrogen) atoms. The van der Waals surface area contributed by atoms with Gasteiger partial charge in [0.25, 0.3) is 5.56 Å². The lowest BCUT2D eigenvalue weighted by atomic mass is 10.2. The topological polar surface area (TPSA) is 106 Å². The number of rotatable bonds is 4. The van der Waals surface area contributed by atoms with Crippen LogP contribution in [-0.4, -0.2) is 43.6 Å². The molecule has 9 nitrogen and oxygen atoms in total. The molecule has 10 heteroatoms. The third kappa shape index (κ3) is 5.22. The average molecular weight is 470 g/mol. The van der Waals surface area contributed by atoms with Crippen LogP contribution in [0.25, 0.3) is 10.9 Å². The van der Waals surface area contributed by atoms with Crippen LogP contribution in [0, 0.1) is 6.92 Å². The van der Waals surface area contributed by atoms with Gasteiger partial charge in [-0.15, -0.1) is 0 Å². The zero-order valence-corrected chi connectivity index (χ0v) is 20.0. The molecule has 2 aromatic heterocycles. The molecule has 0 radical (unpaired) electrons. The maximum atomic E-state index is 12.8. The highest BCUT2D eigenvalue weighted by Gasteiger charge is 2.28. The number of hydrogen-bond acceptors (Lipinski definition) is 7. The first-order chi connectivity index (χ1) is 15.6. The number of benzene rings is 1. The van der Waals surface area contributed by atoms with E-state index < -0.39 is 5.60 Å². The van der Waals surface area contributed by atoms with Crippen molar-refractivity contribution >= 4 is 39.4 Å². The van der Waals surface area contributed by atoms with Crippen molar-refractivity contribution in [2.75, 3.05) is 11.9 Å². The zero-order valence-electron chi connectivity index (χ0n) is 19.2. The number of amides is 2. The molecule has 0 saturated heterocycles. The summed E-state index contributed by atoms with van der Waals surface area (Å²) < 4.78 is 6.97. The molecule has 174 valence electrons. The third-order valence-electron chi connectivity index (χ3n) is 5.24. The number of anilines is 1. The monoisotopic (exact) mass is 469 g/mol. The van der Waals surface area contributed by atoms with Crippen LogP contribution < -0.4 is 10.9 Å². The summed E-state index contributed by atoms with van der Waals surface area (Å²) in [4.78, 5) is 49.2. The van der Waals surface area contributed by atoms with Gasteiger partial charge in [-0.2, -0.15) is 0 Å². The van der Waals surface area contributed by atoms with Gasteiger partial charge < -0.3 is 15.0 Å². The molecule has 1 aliphatic heterocycles. The SMILES string of the molecule is Cc1nc2ccccc2c(=O)n1CCC(=O)Nc1nc2c(s1)CN(C(=O)OC(C)(C)C)CC2. The molecule has 3 aromatic rings. The minimum absolute atomic E-state index is 0.120. The Bertz CT molecular complexity index is 1270. The van der Waals surface area contributed by atoms with Crippen molar-refractivity contribution in [3.05, 3.63) is 51.0 Å². The highest BCUT2D eigenvalue weighted by atomic mass is 32.1. The number of carbonyl (C=O) groups is 2. The molecule has 4 rings (SSSR count). The molecule has 0 saturated carbocycles. The Morgan fingerprint density at radius 3 is 2.73 bits per heavy atom. The Hall–Kier alpha value is -3.27. The number of thiazole rings is 1. The fourth-order valence-electron chi connectivity index (χ4n) is 3.67. The molecular formula is C23H27N5O4S. The van der Waals surface area contributed by atoms with Crippen LogP contribution in [0.5, 0.6) is 0 Å². The summed E-state index contributed by atoms with van der Waals surface area (Å²) in [7, 11) is 0. The predicted molar refractivity (Wildman–Crippen MR) is 126 cm³/mol. The van der Waals surface area contributed by atoms with Crippen molar-refractivity contribution < 1.29 is 14.3 Å². The number of hydrogen-bond donors (Lipinski definition) is 1. The molecule has 0 spiro atoms. The van der Waals surface area contributed by atoms with Crippen LogP contribution in [0.3, 0.4) is 0 Å². The highest BCUT2D eigenvalue weighted by molar-refractivity contribution is 7.15. The maximum absolute atomic E-state index is 12.8. The van der Waals surface area contributed by atoms with Crippen LogP contribution in [0.1, 0.15) is 43.6 Å². The number of para-hydroxylation sites is 1. The van der Waals surface area contributed by atoms with Gasteiger partial charge in [-0.3, -0.25) is 14.2 Å². The van der Waals surface area contributed by atoms with E-state index in [0.29, 0.717) is 41.4 Å². The van der Waals surface area contributed by atoms with Crippen molar-refractivity contribution in [2.45, 2.75) is 59.2 Å². The Morgan fingerprint density at radius 2 is 1.97 bits per heavy atom. The summed E-state index contributed by atoms with van der Waals surface area (Å²) in [5.74, 6) is 0.336. The molecule has 0 unspecified atom stereocenters. The first-order valence-corrected chi connectivity index (χ1v) is 11.6. The number of nitrogens with zero attached hydrogens (tertiary/aromatic N) is 4. The minimum atomic E-state index is -0.551. The van der Waals surface area contributed by atoms with Crippen molar-refractivity contribution in [3.8, 4) is 0 Å². The molecule has 0 aliphatic carbocycles. The van der Waals surface area contributed by atoms with Gasteiger partial charge in [0.15, 0.2) is 5.13 Å².